The maximum Gasteiger partial charge on any atom is 0.261 e. The minimum absolute atomic E-state index is 0.119. The summed E-state index contributed by atoms with van der Waals surface area (Å²) in [5.41, 5.74) is 3.53. The summed E-state index contributed by atoms with van der Waals surface area (Å²) < 4.78 is 0. The molecule has 4 rings (SSSR count). The quantitative estimate of drug-likeness (QED) is 0.684. The summed E-state index contributed by atoms with van der Waals surface area (Å²) in [5, 5.41) is 11.0. The molecule has 0 fully saturated rings. The van der Waals surface area contributed by atoms with E-state index in [4.69, 9.17) is 11.6 Å². The number of hydrogen-bond acceptors (Lipinski definition) is 4. The zero-order valence-corrected chi connectivity index (χ0v) is 16.1. The van der Waals surface area contributed by atoms with Gasteiger partial charge in [-0.25, -0.2) is 0 Å². The molecule has 3 aromatic rings. The van der Waals surface area contributed by atoms with Crippen LogP contribution in [0.5, 0.6) is 5.75 Å². The maximum absolute atomic E-state index is 13.2. The third-order valence-corrected chi connectivity index (χ3v) is 5.04. The van der Waals surface area contributed by atoms with Crippen LogP contribution in [0.4, 0.5) is 17.1 Å². The van der Waals surface area contributed by atoms with Gasteiger partial charge in [0.05, 0.1) is 22.6 Å². The van der Waals surface area contributed by atoms with Crippen molar-refractivity contribution in [3.05, 3.63) is 80.7 Å². The van der Waals surface area contributed by atoms with Gasteiger partial charge >= 0.3 is 0 Å². The Balaban J connectivity index is 1.90. The number of aromatic nitrogens is 1. The Labute approximate surface area is 166 Å². The van der Waals surface area contributed by atoms with E-state index in [1.54, 1.807) is 42.2 Å². The average molecular weight is 396 g/mol. The summed E-state index contributed by atoms with van der Waals surface area (Å²) in [4.78, 5) is 30.9. The molecule has 2 N–H and O–H groups in total. The summed E-state index contributed by atoms with van der Waals surface area (Å²) in [7, 11) is 0. The molecule has 6 nitrogen and oxygen atoms in total. The molecule has 0 bridgehead atoms. The molecule has 1 aliphatic rings. The van der Waals surface area contributed by atoms with E-state index >= 15 is 0 Å². The Morgan fingerprint density at radius 3 is 2.36 bits per heavy atom. The molecule has 28 heavy (non-hydrogen) atoms. The second-order valence-electron chi connectivity index (χ2n) is 6.79. The van der Waals surface area contributed by atoms with Gasteiger partial charge < -0.3 is 15.0 Å². The number of phenols is 1. The van der Waals surface area contributed by atoms with Crippen molar-refractivity contribution in [2.24, 2.45) is 0 Å². The number of carbonyl (C=O) groups is 1. The Hall–Kier alpha value is -3.25. The highest BCUT2D eigenvalue weighted by Gasteiger charge is 2.33. The largest absolute Gasteiger partial charge is 0.506 e. The zero-order valence-electron chi connectivity index (χ0n) is 15.4. The van der Waals surface area contributed by atoms with Crippen molar-refractivity contribution in [1.29, 1.82) is 0 Å². The molecule has 2 aromatic carbocycles. The molecule has 0 saturated heterocycles. The van der Waals surface area contributed by atoms with Crippen molar-refractivity contribution in [2.75, 3.05) is 16.5 Å². The molecular weight excluding hydrogens is 378 g/mol. The highest BCUT2D eigenvalue weighted by atomic mass is 35.5. The lowest BCUT2D eigenvalue weighted by Gasteiger charge is -2.38. The molecule has 0 spiro atoms. The standard InChI is InChI=1S/C21H18ClN3O3/c1-12-3-5-18(19(26)9-12)24-11-25(16-7-8-20(27)23-13(16)2)21(28)15-10-14(22)4-6-17(15)24/h3-10,26H,11H2,1-2H3,(H,23,27). The van der Waals surface area contributed by atoms with E-state index in [0.717, 1.165) is 5.56 Å². The monoisotopic (exact) mass is 395 g/mol. The molecule has 1 aliphatic heterocycles. The number of anilines is 3. The third-order valence-electron chi connectivity index (χ3n) is 4.81. The topological polar surface area (TPSA) is 76.6 Å². The summed E-state index contributed by atoms with van der Waals surface area (Å²) in [6, 6.07) is 13.5. The molecule has 1 aromatic heterocycles. The molecule has 2 heterocycles. The van der Waals surface area contributed by atoms with E-state index in [2.05, 4.69) is 4.98 Å². The predicted molar refractivity (Wildman–Crippen MR) is 110 cm³/mol. The number of H-pyrrole nitrogens is 1. The summed E-state index contributed by atoms with van der Waals surface area (Å²) in [6.45, 7) is 3.81. The number of amides is 1. The summed E-state index contributed by atoms with van der Waals surface area (Å²) in [6.07, 6.45) is 0. The number of nitrogens with zero attached hydrogens (tertiary/aromatic N) is 2. The Morgan fingerprint density at radius 2 is 1.64 bits per heavy atom. The molecule has 142 valence electrons. The first kappa shape index (κ1) is 18.1. The predicted octanol–water partition coefficient (Wildman–Crippen LogP) is 4.11. The fourth-order valence-electron chi connectivity index (χ4n) is 3.46. The number of fused-ring (bicyclic) bond motifs is 1. The van der Waals surface area contributed by atoms with Gasteiger partial charge in [0.15, 0.2) is 0 Å². The lowest BCUT2D eigenvalue weighted by molar-refractivity contribution is 0.0983. The number of aromatic amines is 1. The lowest BCUT2D eigenvalue weighted by Crippen LogP contribution is -2.45. The number of nitrogens with one attached hydrogen (secondary N) is 1. The second kappa shape index (κ2) is 6.73. The third kappa shape index (κ3) is 3.01. The van der Waals surface area contributed by atoms with Crippen LogP contribution in [0.3, 0.4) is 0 Å². The van der Waals surface area contributed by atoms with Crippen molar-refractivity contribution in [1.82, 2.24) is 4.98 Å². The van der Waals surface area contributed by atoms with Gasteiger partial charge in [-0.05, 0) is 55.8 Å². The van der Waals surface area contributed by atoms with Gasteiger partial charge in [-0.3, -0.25) is 14.5 Å². The molecule has 7 heteroatoms. The van der Waals surface area contributed by atoms with Crippen LogP contribution in [0.15, 0.2) is 53.3 Å². The molecule has 0 radical (unpaired) electrons. The van der Waals surface area contributed by atoms with Gasteiger partial charge in [0, 0.05) is 16.8 Å². The highest BCUT2D eigenvalue weighted by Crippen LogP contribution is 2.40. The number of halogens is 1. The van der Waals surface area contributed by atoms with E-state index in [-0.39, 0.29) is 23.9 Å². The second-order valence-corrected chi connectivity index (χ2v) is 7.23. The van der Waals surface area contributed by atoms with Crippen LogP contribution >= 0.6 is 11.6 Å². The van der Waals surface area contributed by atoms with Crippen LogP contribution in [0, 0.1) is 13.8 Å². The van der Waals surface area contributed by atoms with Crippen LogP contribution in [0.1, 0.15) is 21.6 Å². The molecule has 0 saturated carbocycles. The van der Waals surface area contributed by atoms with Crippen LogP contribution in [-0.2, 0) is 0 Å². The van der Waals surface area contributed by atoms with Gasteiger partial charge in [-0.15, -0.1) is 0 Å². The van der Waals surface area contributed by atoms with Gasteiger partial charge in [-0.1, -0.05) is 17.7 Å². The van der Waals surface area contributed by atoms with E-state index in [0.29, 0.717) is 33.3 Å². The van der Waals surface area contributed by atoms with Crippen molar-refractivity contribution >= 4 is 34.6 Å². The normalized spacial score (nSPS) is 13.6. The Morgan fingerprint density at radius 1 is 0.929 bits per heavy atom. The number of rotatable bonds is 2. The first-order valence-corrected chi connectivity index (χ1v) is 9.11. The van der Waals surface area contributed by atoms with Gasteiger partial charge in [0.2, 0.25) is 5.56 Å². The molecule has 0 aliphatic carbocycles. The smallest absolute Gasteiger partial charge is 0.261 e. The number of pyridine rings is 1. The van der Waals surface area contributed by atoms with E-state index in [9.17, 15) is 14.7 Å². The van der Waals surface area contributed by atoms with Gasteiger partial charge in [0.25, 0.3) is 5.91 Å². The van der Waals surface area contributed by atoms with E-state index < -0.39 is 0 Å². The number of benzene rings is 2. The SMILES string of the molecule is Cc1ccc(N2CN(c3ccc(=O)[nH]c3C)C(=O)c3cc(Cl)ccc32)c(O)c1. The summed E-state index contributed by atoms with van der Waals surface area (Å²) in [5.74, 6) is -0.108. The van der Waals surface area contributed by atoms with Crippen LogP contribution in [-0.4, -0.2) is 22.7 Å². The molecular formula is C21H18ClN3O3. The molecule has 0 atom stereocenters. The first-order valence-electron chi connectivity index (χ1n) is 8.73. The number of aromatic hydroxyl groups is 1. The minimum atomic E-state index is -0.234. The molecule has 1 amide bonds. The van der Waals surface area contributed by atoms with E-state index in [1.165, 1.54) is 6.07 Å². The maximum atomic E-state index is 13.2. The van der Waals surface area contributed by atoms with Crippen LogP contribution < -0.4 is 15.4 Å². The number of carbonyl (C=O) groups excluding carboxylic acids is 1. The van der Waals surface area contributed by atoms with Crippen molar-refractivity contribution < 1.29 is 9.90 Å². The fourth-order valence-corrected chi connectivity index (χ4v) is 3.63. The minimum Gasteiger partial charge on any atom is -0.506 e. The van der Waals surface area contributed by atoms with Gasteiger partial charge in [0.1, 0.15) is 12.4 Å². The van der Waals surface area contributed by atoms with Crippen LogP contribution in [0.2, 0.25) is 5.02 Å². The van der Waals surface area contributed by atoms with Gasteiger partial charge in [-0.2, -0.15) is 0 Å². The molecule has 0 unspecified atom stereocenters. The Bertz CT molecular complexity index is 1160. The Kier molecular flexibility index (Phi) is 4.35. The van der Waals surface area contributed by atoms with Crippen molar-refractivity contribution in [3.8, 4) is 5.75 Å². The number of aryl methyl sites for hydroxylation is 2. The van der Waals surface area contributed by atoms with Crippen molar-refractivity contribution in [3.63, 3.8) is 0 Å². The first-order chi connectivity index (χ1) is 13.3. The highest BCUT2D eigenvalue weighted by molar-refractivity contribution is 6.31. The lowest BCUT2D eigenvalue weighted by atomic mass is 10.1. The number of hydrogen-bond donors (Lipinski definition) is 2. The van der Waals surface area contributed by atoms with E-state index in [1.807, 2.05) is 24.0 Å². The average Bonchev–Trinajstić information content (AvgIpc) is 2.64. The van der Waals surface area contributed by atoms with Crippen LogP contribution in [0.25, 0.3) is 0 Å². The summed E-state index contributed by atoms with van der Waals surface area (Å²) >= 11 is 6.15. The number of phenolic OH excluding ortho intramolecular Hbond substituents is 1. The zero-order chi connectivity index (χ0) is 20.0. The van der Waals surface area contributed by atoms with Crippen molar-refractivity contribution in [2.45, 2.75) is 13.8 Å². The fraction of sp³-hybridized carbons (Fsp3) is 0.143.